The molecule has 0 atom stereocenters. The second-order valence-corrected chi connectivity index (χ2v) is 8.77. The van der Waals surface area contributed by atoms with Crippen LogP contribution < -0.4 is 5.32 Å². The van der Waals surface area contributed by atoms with Gasteiger partial charge in [-0.3, -0.25) is 9.69 Å². The van der Waals surface area contributed by atoms with Gasteiger partial charge in [-0.15, -0.1) is 0 Å². The van der Waals surface area contributed by atoms with Crippen molar-refractivity contribution in [2.45, 2.75) is 32.7 Å². The Balaban J connectivity index is 1.29. The van der Waals surface area contributed by atoms with E-state index in [0.29, 0.717) is 12.1 Å². The van der Waals surface area contributed by atoms with E-state index >= 15 is 0 Å². The number of carbonyl (C=O) groups is 1. The lowest BCUT2D eigenvalue weighted by atomic mass is 10.0. The summed E-state index contributed by atoms with van der Waals surface area (Å²) in [4.78, 5) is 15.0. The highest BCUT2D eigenvalue weighted by Crippen LogP contribution is 2.22. The highest BCUT2D eigenvalue weighted by Gasteiger charge is 2.12. The molecule has 4 heteroatoms. The van der Waals surface area contributed by atoms with Gasteiger partial charge in [0.1, 0.15) is 0 Å². The Labute approximate surface area is 190 Å². The molecule has 1 heterocycles. The number of hydrogen-bond donors (Lipinski definition) is 1. The number of hydrogen-bond acceptors (Lipinski definition) is 2. The van der Waals surface area contributed by atoms with Crippen molar-refractivity contribution in [3.05, 3.63) is 94.0 Å². The van der Waals surface area contributed by atoms with Crippen molar-refractivity contribution >= 4 is 17.5 Å². The van der Waals surface area contributed by atoms with E-state index in [1.165, 1.54) is 42.6 Å². The monoisotopic (exact) mass is 432 g/mol. The number of rotatable bonds is 7. The van der Waals surface area contributed by atoms with E-state index in [9.17, 15) is 4.79 Å². The minimum absolute atomic E-state index is 0.0361. The Morgan fingerprint density at radius 1 is 0.935 bits per heavy atom. The molecule has 0 aliphatic carbocycles. The quantitative estimate of drug-likeness (QED) is 0.505. The van der Waals surface area contributed by atoms with Gasteiger partial charge in [0.25, 0.3) is 5.91 Å². The van der Waals surface area contributed by atoms with Crippen molar-refractivity contribution in [1.29, 1.82) is 0 Å². The van der Waals surface area contributed by atoms with Crippen molar-refractivity contribution < 1.29 is 4.79 Å². The molecule has 0 unspecified atom stereocenters. The third-order valence-electron chi connectivity index (χ3n) is 6.02. The van der Waals surface area contributed by atoms with Gasteiger partial charge in [0, 0.05) is 23.7 Å². The lowest BCUT2D eigenvalue weighted by Crippen LogP contribution is -2.25. The molecular weight excluding hydrogens is 404 g/mol. The second kappa shape index (κ2) is 10.1. The van der Waals surface area contributed by atoms with Crippen LogP contribution in [0.5, 0.6) is 0 Å². The summed E-state index contributed by atoms with van der Waals surface area (Å²) in [7, 11) is 0. The van der Waals surface area contributed by atoms with Crippen LogP contribution in [-0.2, 0) is 13.0 Å². The number of aryl methyl sites for hydroxylation is 1. The molecule has 1 aliphatic heterocycles. The summed E-state index contributed by atoms with van der Waals surface area (Å²) in [6.45, 7) is 6.27. The second-order valence-electron chi connectivity index (χ2n) is 8.33. The highest BCUT2D eigenvalue weighted by molar-refractivity contribution is 6.30. The van der Waals surface area contributed by atoms with Crippen molar-refractivity contribution in [2.75, 3.05) is 19.6 Å². The van der Waals surface area contributed by atoms with E-state index in [-0.39, 0.29) is 5.91 Å². The number of carbonyl (C=O) groups excluding carboxylic acids is 1. The Hall–Kier alpha value is -2.62. The average Bonchev–Trinajstić information content (AvgIpc) is 3.29. The highest BCUT2D eigenvalue weighted by atomic mass is 35.5. The van der Waals surface area contributed by atoms with E-state index in [1.807, 2.05) is 48.5 Å². The van der Waals surface area contributed by atoms with Crippen LogP contribution in [0.25, 0.3) is 11.1 Å². The zero-order valence-electron chi connectivity index (χ0n) is 18.0. The predicted octanol–water partition coefficient (Wildman–Crippen LogP) is 5.88. The van der Waals surface area contributed by atoms with Crippen LogP contribution in [0, 0.1) is 6.92 Å². The first-order chi connectivity index (χ1) is 15.1. The molecule has 1 saturated heterocycles. The number of amides is 1. The SMILES string of the molecule is Cc1cc(CN2CCCC2)ccc1CCNC(=O)c1ccc(-c2ccc(Cl)cc2)cc1. The van der Waals surface area contributed by atoms with Gasteiger partial charge in [0.05, 0.1) is 0 Å². The third-order valence-corrected chi connectivity index (χ3v) is 6.27. The Kier molecular flexibility index (Phi) is 7.06. The van der Waals surface area contributed by atoms with Gasteiger partial charge in [-0.2, -0.15) is 0 Å². The fourth-order valence-corrected chi connectivity index (χ4v) is 4.33. The molecular formula is C27H29ClN2O. The van der Waals surface area contributed by atoms with Crippen LogP contribution in [0.1, 0.15) is 39.9 Å². The van der Waals surface area contributed by atoms with Gasteiger partial charge in [-0.1, -0.05) is 54.1 Å². The summed E-state index contributed by atoms with van der Waals surface area (Å²) in [6, 6.07) is 22.2. The van der Waals surface area contributed by atoms with E-state index in [0.717, 1.165) is 29.1 Å². The predicted molar refractivity (Wildman–Crippen MR) is 129 cm³/mol. The standard InChI is InChI=1S/C27H29ClN2O/c1-20-18-21(19-30-16-2-3-17-30)4-5-22(20)14-15-29-27(31)25-8-6-23(7-9-25)24-10-12-26(28)13-11-24/h4-13,18H,2-3,14-17,19H2,1H3,(H,29,31). The summed E-state index contributed by atoms with van der Waals surface area (Å²) >= 11 is 5.96. The fourth-order valence-electron chi connectivity index (χ4n) is 4.20. The van der Waals surface area contributed by atoms with Crippen molar-refractivity contribution in [3.8, 4) is 11.1 Å². The Morgan fingerprint density at radius 3 is 2.23 bits per heavy atom. The summed E-state index contributed by atoms with van der Waals surface area (Å²) in [5.41, 5.74) is 6.81. The number of halogens is 1. The summed E-state index contributed by atoms with van der Waals surface area (Å²) < 4.78 is 0. The third kappa shape index (κ3) is 5.75. The van der Waals surface area contributed by atoms with E-state index in [4.69, 9.17) is 11.6 Å². The lowest BCUT2D eigenvalue weighted by molar-refractivity contribution is 0.0954. The smallest absolute Gasteiger partial charge is 0.251 e. The molecule has 0 radical (unpaired) electrons. The summed E-state index contributed by atoms with van der Waals surface area (Å²) in [6.07, 6.45) is 3.48. The molecule has 3 aromatic carbocycles. The number of benzene rings is 3. The number of nitrogens with one attached hydrogen (secondary N) is 1. The minimum atomic E-state index is -0.0361. The molecule has 0 aromatic heterocycles. The van der Waals surface area contributed by atoms with Crippen LogP contribution in [0.15, 0.2) is 66.7 Å². The van der Waals surface area contributed by atoms with E-state index in [2.05, 4.69) is 35.3 Å². The van der Waals surface area contributed by atoms with Crippen molar-refractivity contribution in [2.24, 2.45) is 0 Å². The maximum absolute atomic E-state index is 12.5. The first-order valence-electron chi connectivity index (χ1n) is 11.0. The largest absolute Gasteiger partial charge is 0.352 e. The Morgan fingerprint density at radius 2 is 1.58 bits per heavy atom. The molecule has 160 valence electrons. The zero-order chi connectivity index (χ0) is 21.6. The molecule has 0 spiro atoms. The molecule has 1 aliphatic rings. The molecule has 0 saturated carbocycles. The van der Waals surface area contributed by atoms with E-state index in [1.54, 1.807) is 0 Å². The van der Waals surface area contributed by atoms with Crippen molar-refractivity contribution in [1.82, 2.24) is 10.2 Å². The van der Waals surface area contributed by atoms with Gasteiger partial charge in [-0.25, -0.2) is 0 Å². The van der Waals surface area contributed by atoms with Gasteiger partial charge >= 0.3 is 0 Å². The molecule has 0 bridgehead atoms. The van der Waals surface area contributed by atoms with Crippen LogP contribution in [-0.4, -0.2) is 30.4 Å². The van der Waals surface area contributed by atoms with Gasteiger partial charge in [0.2, 0.25) is 0 Å². The average molecular weight is 433 g/mol. The zero-order valence-corrected chi connectivity index (χ0v) is 18.8. The summed E-state index contributed by atoms with van der Waals surface area (Å²) in [5.74, 6) is -0.0361. The molecule has 3 aromatic rings. The maximum Gasteiger partial charge on any atom is 0.251 e. The summed E-state index contributed by atoms with van der Waals surface area (Å²) in [5, 5.41) is 3.77. The molecule has 1 N–H and O–H groups in total. The fraction of sp³-hybridized carbons (Fsp3) is 0.296. The van der Waals surface area contributed by atoms with E-state index < -0.39 is 0 Å². The molecule has 1 fully saturated rings. The minimum Gasteiger partial charge on any atom is -0.352 e. The first-order valence-corrected chi connectivity index (χ1v) is 11.4. The lowest BCUT2D eigenvalue weighted by Gasteiger charge is -2.16. The van der Waals surface area contributed by atoms with Crippen LogP contribution in [0.4, 0.5) is 0 Å². The normalized spacial score (nSPS) is 14.0. The maximum atomic E-state index is 12.5. The van der Waals surface area contributed by atoms with Crippen molar-refractivity contribution in [3.63, 3.8) is 0 Å². The van der Waals surface area contributed by atoms with Crippen LogP contribution in [0.3, 0.4) is 0 Å². The van der Waals surface area contributed by atoms with Gasteiger partial charge in [-0.05, 0) is 91.4 Å². The number of likely N-dealkylation sites (tertiary alicyclic amines) is 1. The molecule has 4 rings (SSSR count). The molecule has 31 heavy (non-hydrogen) atoms. The molecule has 3 nitrogen and oxygen atoms in total. The Bertz CT molecular complexity index is 1020. The topological polar surface area (TPSA) is 32.3 Å². The van der Waals surface area contributed by atoms with Crippen LogP contribution >= 0.6 is 11.6 Å². The van der Waals surface area contributed by atoms with Crippen LogP contribution in [0.2, 0.25) is 5.02 Å². The number of nitrogens with zero attached hydrogens (tertiary/aromatic N) is 1. The van der Waals surface area contributed by atoms with Gasteiger partial charge in [0.15, 0.2) is 0 Å². The van der Waals surface area contributed by atoms with Gasteiger partial charge < -0.3 is 5.32 Å². The molecule has 1 amide bonds. The first kappa shape index (κ1) is 21.6.